The van der Waals surface area contributed by atoms with Crippen molar-refractivity contribution in [3.05, 3.63) is 35.6 Å². The molecule has 1 aromatic rings. The van der Waals surface area contributed by atoms with E-state index in [1.807, 2.05) is 23.9 Å². The van der Waals surface area contributed by atoms with Crippen molar-refractivity contribution in [2.24, 2.45) is 0 Å². The van der Waals surface area contributed by atoms with E-state index in [4.69, 9.17) is 0 Å². The molecule has 1 atom stereocenters. The fourth-order valence-corrected chi connectivity index (χ4v) is 2.20. The van der Waals surface area contributed by atoms with Gasteiger partial charge >= 0.3 is 0 Å². The van der Waals surface area contributed by atoms with Gasteiger partial charge in [0, 0.05) is 23.6 Å². The largest absolute Gasteiger partial charge is 0.306 e. The van der Waals surface area contributed by atoms with Gasteiger partial charge in [-0.2, -0.15) is 11.8 Å². The predicted molar refractivity (Wildman–Crippen MR) is 59.1 cm³/mol. The Hall–Kier alpha value is -0.540. The highest BCUT2D eigenvalue weighted by Gasteiger charge is 2.20. The molecule has 76 valence electrons. The lowest BCUT2D eigenvalue weighted by molar-refractivity contribution is 0.502. The molecule has 1 heterocycles. The first-order valence-electron chi connectivity index (χ1n) is 4.85. The minimum atomic E-state index is -0.167. The summed E-state index contributed by atoms with van der Waals surface area (Å²) in [6.45, 7) is 2.12. The van der Waals surface area contributed by atoms with Crippen molar-refractivity contribution in [1.82, 2.24) is 5.32 Å². The fourth-order valence-electron chi connectivity index (χ4n) is 1.53. The van der Waals surface area contributed by atoms with Crippen LogP contribution in [0.3, 0.4) is 0 Å². The maximum atomic E-state index is 12.7. The van der Waals surface area contributed by atoms with Gasteiger partial charge in [-0.3, -0.25) is 0 Å². The minimum Gasteiger partial charge on any atom is -0.306 e. The number of benzene rings is 1. The molecule has 0 aromatic heterocycles. The summed E-state index contributed by atoms with van der Waals surface area (Å²) >= 11 is 1.96. The van der Waals surface area contributed by atoms with Gasteiger partial charge in [-0.25, -0.2) is 4.39 Å². The van der Waals surface area contributed by atoms with Gasteiger partial charge in [-0.1, -0.05) is 12.1 Å². The van der Waals surface area contributed by atoms with Crippen LogP contribution >= 0.6 is 11.8 Å². The number of hydrogen-bond donors (Lipinski definition) is 1. The average Bonchev–Trinajstić information content (AvgIpc) is 2.12. The van der Waals surface area contributed by atoms with Crippen LogP contribution in [0.2, 0.25) is 0 Å². The lowest BCUT2D eigenvalue weighted by Gasteiger charge is -2.29. The number of rotatable bonds is 3. The van der Waals surface area contributed by atoms with E-state index in [2.05, 4.69) is 12.2 Å². The number of halogens is 1. The number of thioether (sulfide) groups is 1. The average molecular weight is 211 g/mol. The Kier molecular flexibility index (Phi) is 3.08. The van der Waals surface area contributed by atoms with Crippen molar-refractivity contribution in [1.29, 1.82) is 0 Å². The summed E-state index contributed by atoms with van der Waals surface area (Å²) in [6, 6.07) is 7.69. The summed E-state index contributed by atoms with van der Waals surface area (Å²) < 4.78 is 12.7. The van der Waals surface area contributed by atoms with Crippen molar-refractivity contribution in [2.75, 3.05) is 11.5 Å². The number of hydrogen-bond acceptors (Lipinski definition) is 2. The predicted octanol–water partition coefficient (Wildman–Crippen LogP) is 2.59. The first kappa shape index (κ1) is 9.99. The van der Waals surface area contributed by atoms with Crippen LogP contribution < -0.4 is 5.32 Å². The molecule has 0 bridgehead atoms. The molecule has 1 saturated heterocycles. The lowest BCUT2D eigenvalue weighted by atomic mass is 10.1. The van der Waals surface area contributed by atoms with E-state index in [9.17, 15) is 4.39 Å². The van der Waals surface area contributed by atoms with Crippen LogP contribution in [-0.4, -0.2) is 17.5 Å². The van der Waals surface area contributed by atoms with Crippen LogP contribution in [0, 0.1) is 5.82 Å². The van der Waals surface area contributed by atoms with Crippen molar-refractivity contribution in [3.8, 4) is 0 Å². The Balaban J connectivity index is 1.95. The molecule has 1 N–H and O–H groups in total. The van der Waals surface area contributed by atoms with E-state index in [0.29, 0.717) is 12.1 Å². The van der Waals surface area contributed by atoms with Gasteiger partial charge in [0.2, 0.25) is 0 Å². The van der Waals surface area contributed by atoms with Crippen molar-refractivity contribution >= 4 is 11.8 Å². The number of nitrogens with one attached hydrogen (secondary N) is 1. The Morgan fingerprint density at radius 2 is 2.00 bits per heavy atom. The zero-order valence-electron chi connectivity index (χ0n) is 8.16. The molecular formula is C11H14FNS. The summed E-state index contributed by atoms with van der Waals surface area (Å²) in [5.41, 5.74) is 1.16. The smallest absolute Gasteiger partial charge is 0.123 e. The van der Waals surface area contributed by atoms with Crippen LogP contribution in [0.15, 0.2) is 24.3 Å². The Morgan fingerprint density at radius 1 is 1.36 bits per heavy atom. The molecule has 0 aliphatic carbocycles. The zero-order chi connectivity index (χ0) is 9.97. The standard InChI is InChI=1S/C11H14FNS/c1-8(13-11-6-14-7-11)9-2-4-10(12)5-3-9/h2-5,8,11,13H,6-7H2,1H3. The van der Waals surface area contributed by atoms with Crippen molar-refractivity contribution in [2.45, 2.75) is 19.0 Å². The molecule has 2 rings (SSSR count). The third-order valence-corrected chi connectivity index (χ3v) is 3.77. The SMILES string of the molecule is CC(NC1CSC1)c1ccc(F)cc1. The van der Waals surface area contributed by atoms with Gasteiger partial charge < -0.3 is 5.32 Å². The molecule has 0 radical (unpaired) electrons. The molecule has 1 aromatic carbocycles. The third kappa shape index (κ3) is 2.28. The lowest BCUT2D eigenvalue weighted by Crippen LogP contribution is -2.41. The molecule has 1 unspecified atom stereocenters. The van der Waals surface area contributed by atoms with E-state index < -0.39 is 0 Å². The van der Waals surface area contributed by atoms with Crippen LogP contribution in [0.1, 0.15) is 18.5 Å². The van der Waals surface area contributed by atoms with Crippen LogP contribution in [0.4, 0.5) is 4.39 Å². The molecular weight excluding hydrogens is 197 g/mol. The summed E-state index contributed by atoms with van der Waals surface area (Å²) in [4.78, 5) is 0. The Bertz CT molecular complexity index is 295. The molecule has 0 amide bonds. The maximum Gasteiger partial charge on any atom is 0.123 e. The topological polar surface area (TPSA) is 12.0 Å². The second-order valence-electron chi connectivity index (χ2n) is 3.67. The van der Waals surface area contributed by atoms with E-state index in [1.54, 1.807) is 0 Å². The molecule has 1 fully saturated rings. The molecule has 1 aliphatic heterocycles. The first-order chi connectivity index (χ1) is 6.75. The highest BCUT2D eigenvalue weighted by atomic mass is 32.2. The Morgan fingerprint density at radius 3 is 2.50 bits per heavy atom. The third-order valence-electron chi connectivity index (χ3n) is 2.49. The quantitative estimate of drug-likeness (QED) is 0.824. The summed E-state index contributed by atoms with van der Waals surface area (Å²) in [6.07, 6.45) is 0. The molecule has 0 saturated carbocycles. The molecule has 0 spiro atoms. The van der Waals surface area contributed by atoms with Gasteiger partial charge in [-0.15, -0.1) is 0 Å². The molecule has 1 aliphatic rings. The van der Waals surface area contributed by atoms with Gasteiger partial charge in [0.25, 0.3) is 0 Å². The Labute approximate surface area is 88.1 Å². The molecule has 1 nitrogen and oxygen atoms in total. The second kappa shape index (κ2) is 4.32. The van der Waals surface area contributed by atoms with Gasteiger partial charge in [0.1, 0.15) is 5.82 Å². The highest BCUT2D eigenvalue weighted by Crippen LogP contribution is 2.21. The van der Waals surface area contributed by atoms with Crippen LogP contribution in [-0.2, 0) is 0 Å². The molecule has 3 heteroatoms. The van der Waals surface area contributed by atoms with E-state index in [0.717, 1.165) is 5.56 Å². The van der Waals surface area contributed by atoms with Gasteiger partial charge in [-0.05, 0) is 24.6 Å². The summed E-state index contributed by atoms with van der Waals surface area (Å²) in [7, 11) is 0. The van der Waals surface area contributed by atoms with Crippen LogP contribution in [0.25, 0.3) is 0 Å². The van der Waals surface area contributed by atoms with Crippen molar-refractivity contribution in [3.63, 3.8) is 0 Å². The molecule has 14 heavy (non-hydrogen) atoms. The normalized spacial score (nSPS) is 19.0. The van der Waals surface area contributed by atoms with E-state index in [-0.39, 0.29) is 5.82 Å². The van der Waals surface area contributed by atoms with Gasteiger partial charge in [0.15, 0.2) is 0 Å². The minimum absolute atomic E-state index is 0.167. The fraction of sp³-hybridized carbons (Fsp3) is 0.455. The monoisotopic (exact) mass is 211 g/mol. The van der Waals surface area contributed by atoms with E-state index in [1.165, 1.54) is 23.6 Å². The summed E-state index contributed by atoms with van der Waals surface area (Å²) in [5.74, 6) is 2.23. The zero-order valence-corrected chi connectivity index (χ0v) is 8.98. The first-order valence-corrected chi connectivity index (χ1v) is 6.00. The van der Waals surface area contributed by atoms with Crippen LogP contribution in [0.5, 0.6) is 0 Å². The van der Waals surface area contributed by atoms with Gasteiger partial charge in [0.05, 0.1) is 0 Å². The van der Waals surface area contributed by atoms with Crippen molar-refractivity contribution < 1.29 is 4.39 Å². The second-order valence-corrected chi connectivity index (χ2v) is 4.75. The summed E-state index contributed by atoms with van der Waals surface area (Å²) in [5, 5.41) is 3.51. The van der Waals surface area contributed by atoms with E-state index >= 15 is 0 Å². The highest BCUT2D eigenvalue weighted by molar-refractivity contribution is 8.00. The maximum absolute atomic E-state index is 12.7.